The molecule has 0 saturated heterocycles. The highest BCUT2D eigenvalue weighted by molar-refractivity contribution is 6.29. The quantitative estimate of drug-likeness (QED) is 0.703. The normalized spacial score (nSPS) is 12.3. The summed E-state index contributed by atoms with van der Waals surface area (Å²) in [6.07, 6.45) is -4.62. The minimum atomic E-state index is -4.62. The average Bonchev–Trinajstić information content (AvgIpc) is 2.46. The van der Waals surface area contributed by atoms with Gasteiger partial charge in [0.25, 0.3) is 5.82 Å². The molecule has 15 heavy (non-hydrogen) atoms. The predicted molar refractivity (Wildman–Crippen MR) is 45.2 cm³/mol. The Labute approximate surface area is 85.7 Å². The van der Waals surface area contributed by atoms with Gasteiger partial charge in [0.05, 0.1) is 0 Å². The van der Waals surface area contributed by atoms with Crippen LogP contribution >= 0.6 is 11.6 Å². The van der Waals surface area contributed by atoms with Crippen molar-refractivity contribution in [1.82, 2.24) is 19.6 Å². The summed E-state index contributed by atoms with van der Waals surface area (Å²) in [6, 6.07) is 1.14. The SMILES string of the molecule is Nc1nc(Cl)cc2nc(C(F)(F)F)nn12. The molecule has 2 rings (SSSR count). The maximum Gasteiger partial charge on any atom is 0.453 e. The molecular formula is C6H3ClF3N5. The van der Waals surface area contributed by atoms with Crippen molar-refractivity contribution in [1.29, 1.82) is 0 Å². The number of hydrogen-bond acceptors (Lipinski definition) is 4. The van der Waals surface area contributed by atoms with Crippen LogP contribution in [0.25, 0.3) is 5.65 Å². The minimum absolute atomic E-state index is 0.0406. The van der Waals surface area contributed by atoms with E-state index in [1.807, 2.05) is 0 Å². The monoisotopic (exact) mass is 237 g/mol. The number of halogens is 4. The summed E-state index contributed by atoms with van der Waals surface area (Å²) in [6.45, 7) is 0. The van der Waals surface area contributed by atoms with E-state index in [1.165, 1.54) is 0 Å². The van der Waals surface area contributed by atoms with E-state index in [-0.39, 0.29) is 16.7 Å². The minimum Gasteiger partial charge on any atom is -0.368 e. The van der Waals surface area contributed by atoms with Crippen LogP contribution in [0.4, 0.5) is 19.1 Å². The van der Waals surface area contributed by atoms with Crippen LogP contribution in [0, 0.1) is 0 Å². The van der Waals surface area contributed by atoms with Gasteiger partial charge in [0.15, 0.2) is 5.65 Å². The first-order valence-electron chi connectivity index (χ1n) is 3.64. The summed E-state index contributed by atoms with van der Waals surface area (Å²) in [4.78, 5) is 6.76. The second-order valence-corrected chi connectivity index (χ2v) is 3.03. The zero-order valence-corrected chi connectivity index (χ0v) is 7.71. The molecular weight excluding hydrogens is 235 g/mol. The van der Waals surface area contributed by atoms with E-state index in [2.05, 4.69) is 15.1 Å². The van der Waals surface area contributed by atoms with Crippen LogP contribution in [-0.2, 0) is 6.18 Å². The second-order valence-electron chi connectivity index (χ2n) is 2.64. The molecule has 2 aromatic rings. The molecule has 2 aromatic heterocycles. The summed E-state index contributed by atoms with van der Waals surface area (Å²) in [5, 5.41) is 3.12. The zero-order valence-electron chi connectivity index (χ0n) is 6.96. The van der Waals surface area contributed by atoms with Crippen LogP contribution in [0.3, 0.4) is 0 Å². The lowest BCUT2D eigenvalue weighted by Gasteiger charge is -1.97. The molecule has 0 saturated carbocycles. The molecule has 0 amide bonds. The lowest BCUT2D eigenvalue weighted by atomic mass is 10.6. The zero-order chi connectivity index (χ0) is 11.2. The first-order chi connectivity index (χ1) is 6.88. The van der Waals surface area contributed by atoms with Crippen molar-refractivity contribution in [2.45, 2.75) is 6.18 Å². The molecule has 0 radical (unpaired) electrons. The number of nitrogen functional groups attached to an aromatic ring is 1. The predicted octanol–water partition coefficient (Wildman–Crippen LogP) is 1.38. The molecule has 0 unspecified atom stereocenters. The Morgan fingerprint density at radius 2 is 2.00 bits per heavy atom. The summed E-state index contributed by atoms with van der Waals surface area (Å²) in [7, 11) is 0. The van der Waals surface area contributed by atoms with Gasteiger partial charge in [0.2, 0.25) is 5.95 Å². The van der Waals surface area contributed by atoms with Crippen molar-refractivity contribution < 1.29 is 13.2 Å². The van der Waals surface area contributed by atoms with Crippen LogP contribution in [0.2, 0.25) is 5.15 Å². The second kappa shape index (κ2) is 2.96. The van der Waals surface area contributed by atoms with E-state index < -0.39 is 12.0 Å². The Morgan fingerprint density at radius 3 is 2.60 bits per heavy atom. The van der Waals surface area contributed by atoms with Crippen LogP contribution < -0.4 is 5.73 Å². The van der Waals surface area contributed by atoms with Gasteiger partial charge in [-0.1, -0.05) is 11.6 Å². The molecule has 0 aliphatic heterocycles. The molecule has 0 atom stereocenters. The highest BCUT2D eigenvalue weighted by Gasteiger charge is 2.36. The van der Waals surface area contributed by atoms with E-state index in [0.29, 0.717) is 0 Å². The van der Waals surface area contributed by atoms with Gasteiger partial charge in [-0.05, 0) is 0 Å². The third-order valence-electron chi connectivity index (χ3n) is 1.57. The molecule has 0 fully saturated rings. The van der Waals surface area contributed by atoms with E-state index in [4.69, 9.17) is 17.3 Å². The number of fused-ring (bicyclic) bond motifs is 1. The van der Waals surface area contributed by atoms with Crippen molar-refractivity contribution in [3.8, 4) is 0 Å². The first-order valence-corrected chi connectivity index (χ1v) is 4.02. The van der Waals surface area contributed by atoms with Crippen molar-refractivity contribution in [3.05, 3.63) is 17.0 Å². The van der Waals surface area contributed by atoms with Gasteiger partial charge in [0.1, 0.15) is 5.15 Å². The van der Waals surface area contributed by atoms with Gasteiger partial charge in [-0.25, -0.2) is 9.97 Å². The van der Waals surface area contributed by atoms with Gasteiger partial charge in [-0.3, -0.25) is 0 Å². The standard InChI is InChI=1S/C6H3ClF3N5/c7-2-1-3-13-4(6(8,9)10)14-15(3)5(11)12-2/h1H,(H2,11,12). The summed E-state index contributed by atoms with van der Waals surface area (Å²) in [5.74, 6) is -1.53. The van der Waals surface area contributed by atoms with Gasteiger partial charge in [0, 0.05) is 6.07 Å². The number of nitrogens with zero attached hydrogens (tertiary/aromatic N) is 4. The van der Waals surface area contributed by atoms with E-state index in [0.717, 1.165) is 10.6 Å². The molecule has 0 spiro atoms. The molecule has 0 aliphatic rings. The molecule has 0 aromatic carbocycles. The molecule has 9 heteroatoms. The van der Waals surface area contributed by atoms with E-state index in [9.17, 15) is 13.2 Å². The fourth-order valence-electron chi connectivity index (χ4n) is 1.00. The lowest BCUT2D eigenvalue weighted by molar-refractivity contribution is -0.144. The Morgan fingerprint density at radius 1 is 1.33 bits per heavy atom. The number of aromatic nitrogens is 4. The van der Waals surface area contributed by atoms with Crippen molar-refractivity contribution >= 4 is 23.2 Å². The fourth-order valence-corrected chi connectivity index (χ4v) is 1.19. The Bertz CT molecular complexity index is 519. The number of hydrogen-bond donors (Lipinski definition) is 1. The third-order valence-corrected chi connectivity index (χ3v) is 1.77. The van der Waals surface area contributed by atoms with Gasteiger partial charge < -0.3 is 5.73 Å². The van der Waals surface area contributed by atoms with Crippen LogP contribution in [0.5, 0.6) is 0 Å². The largest absolute Gasteiger partial charge is 0.453 e. The molecule has 0 bridgehead atoms. The maximum atomic E-state index is 12.2. The van der Waals surface area contributed by atoms with Crippen molar-refractivity contribution in [2.24, 2.45) is 0 Å². The molecule has 80 valence electrons. The Kier molecular flexibility index (Phi) is 1.97. The van der Waals surface area contributed by atoms with E-state index in [1.54, 1.807) is 0 Å². The van der Waals surface area contributed by atoms with Crippen molar-refractivity contribution in [3.63, 3.8) is 0 Å². The number of rotatable bonds is 0. The first kappa shape index (κ1) is 9.97. The fraction of sp³-hybridized carbons (Fsp3) is 0.167. The van der Waals surface area contributed by atoms with Crippen LogP contribution in [0.15, 0.2) is 6.07 Å². The Balaban J connectivity index is 2.71. The highest BCUT2D eigenvalue weighted by atomic mass is 35.5. The molecule has 0 aliphatic carbocycles. The molecule has 2 heterocycles. The molecule has 2 N–H and O–H groups in total. The van der Waals surface area contributed by atoms with Crippen LogP contribution in [-0.4, -0.2) is 19.6 Å². The number of nitrogens with two attached hydrogens (primary N) is 1. The maximum absolute atomic E-state index is 12.2. The summed E-state index contributed by atoms with van der Waals surface area (Å²) < 4.78 is 37.4. The van der Waals surface area contributed by atoms with Gasteiger partial charge in [-0.15, -0.1) is 5.10 Å². The topological polar surface area (TPSA) is 69.1 Å². The summed E-state index contributed by atoms with van der Waals surface area (Å²) in [5.41, 5.74) is 5.21. The summed E-state index contributed by atoms with van der Waals surface area (Å²) >= 11 is 5.49. The van der Waals surface area contributed by atoms with Gasteiger partial charge >= 0.3 is 6.18 Å². The van der Waals surface area contributed by atoms with Crippen LogP contribution in [0.1, 0.15) is 5.82 Å². The average molecular weight is 238 g/mol. The van der Waals surface area contributed by atoms with Crippen molar-refractivity contribution in [2.75, 3.05) is 5.73 Å². The van der Waals surface area contributed by atoms with E-state index >= 15 is 0 Å². The Hall–Kier alpha value is -1.57. The lowest BCUT2D eigenvalue weighted by Crippen LogP contribution is -2.08. The number of anilines is 1. The highest BCUT2D eigenvalue weighted by Crippen LogP contribution is 2.27. The van der Waals surface area contributed by atoms with Gasteiger partial charge in [-0.2, -0.15) is 17.7 Å². The third kappa shape index (κ3) is 1.67. The smallest absolute Gasteiger partial charge is 0.368 e. The molecule has 5 nitrogen and oxygen atoms in total. The number of alkyl halides is 3.